The summed E-state index contributed by atoms with van der Waals surface area (Å²) >= 11 is 8.37. The standard InChI is InChI=1S/C34H32ClF3N6S/c1-2-23-27(37)7-4-18-10-20(39)11-24(28(18)23)29-26(35)12-25-31(30(29)38)41-33(42-32(25)43-15-21-5-6-22(16-43)40-21)45-17-34-8-3-9-44(34)14-19(36)13-34/h1,4,7,10-12,19,21-22,40H,3,5-6,8-9,13-17,39H2. The topological polar surface area (TPSA) is 70.3 Å². The number of aromatic nitrogens is 2. The first-order chi connectivity index (χ1) is 21.7. The molecular weight excluding hydrogens is 617 g/mol. The summed E-state index contributed by atoms with van der Waals surface area (Å²) in [5, 5.41) is 5.65. The number of rotatable bonds is 5. The third kappa shape index (κ3) is 4.82. The molecule has 3 N–H and O–H groups in total. The molecule has 0 spiro atoms. The van der Waals surface area contributed by atoms with Crippen LogP contribution in [0.1, 0.15) is 37.7 Å². The van der Waals surface area contributed by atoms with Gasteiger partial charge in [-0.15, -0.1) is 6.42 Å². The van der Waals surface area contributed by atoms with E-state index < -0.39 is 17.8 Å². The number of terminal acetylenes is 1. The van der Waals surface area contributed by atoms with Crippen molar-refractivity contribution >= 4 is 56.5 Å². The molecule has 11 heteroatoms. The Morgan fingerprint density at radius 2 is 1.93 bits per heavy atom. The maximum absolute atomic E-state index is 17.1. The molecule has 0 aliphatic carbocycles. The van der Waals surface area contributed by atoms with Gasteiger partial charge in [0.25, 0.3) is 0 Å². The minimum Gasteiger partial charge on any atom is -0.399 e. The Labute approximate surface area is 268 Å². The molecule has 232 valence electrons. The van der Waals surface area contributed by atoms with Crippen LogP contribution in [0.15, 0.2) is 35.5 Å². The van der Waals surface area contributed by atoms with Crippen LogP contribution in [0.2, 0.25) is 5.02 Å². The minimum atomic E-state index is -0.844. The van der Waals surface area contributed by atoms with Gasteiger partial charge in [-0.25, -0.2) is 23.1 Å². The maximum atomic E-state index is 17.1. The second-order valence-electron chi connectivity index (χ2n) is 12.9. The molecule has 2 bridgehead atoms. The molecule has 4 unspecified atom stereocenters. The number of hydrogen-bond acceptors (Lipinski definition) is 7. The van der Waals surface area contributed by atoms with Crippen molar-refractivity contribution in [2.75, 3.05) is 42.6 Å². The summed E-state index contributed by atoms with van der Waals surface area (Å²) in [6.07, 6.45) is 9.49. The van der Waals surface area contributed by atoms with E-state index in [4.69, 9.17) is 33.7 Å². The highest BCUT2D eigenvalue weighted by Crippen LogP contribution is 2.46. The molecule has 4 aliphatic heterocycles. The zero-order chi connectivity index (χ0) is 31.0. The fourth-order valence-electron chi connectivity index (χ4n) is 8.13. The van der Waals surface area contributed by atoms with Gasteiger partial charge in [0.1, 0.15) is 23.3 Å². The van der Waals surface area contributed by atoms with Gasteiger partial charge in [-0.3, -0.25) is 4.90 Å². The Bertz CT molecular complexity index is 1900. The molecule has 0 saturated carbocycles. The molecule has 6 nitrogen and oxygen atoms in total. The summed E-state index contributed by atoms with van der Waals surface area (Å²) in [6, 6.07) is 8.46. The van der Waals surface area contributed by atoms with Gasteiger partial charge >= 0.3 is 0 Å². The predicted octanol–water partition coefficient (Wildman–Crippen LogP) is 6.55. The first-order valence-electron chi connectivity index (χ1n) is 15.4. The molecule has 3 aromatic carbocycles. The van der Waals surface area contributed by atoms with Crippen molar-refractivity contribution in [3.63, 3.8) is 0 Å². The van der Waals surface area contributed by atoms with E-state index in [9.17, 15) is 8.78 Å². The first kappa shape index (κ1) is 29.2. The van der Waals surface area contributed by atoms with Gasteiger partial charge in [-0.2, -0.15) is 0 Å². The average molecular weight is 649 g/mol. The highest BCUT2D eigenvalue weighted by Gasteiger charge is 2.48. The molecule has 4 aliphatic rings. The Morgan fingerprint density at radius 3 is 2.71 bits per heavy atom. The molecule has 8 rings (SSSR count). The van der Waals surface area contributed by atoms with Gasteiger partial charge in [0.05, 0.1) is 10.6 Å². The fraction of sp³-hybridized carbons (Fsp3) is 0.412. The second kappa shape index (κ2) is 10.9. The fourth-order valence-corrected chi connectivity index (χ4v) is 9.58. The maximum Gasteiger partial charge on any atom is 0.190 e. The van der Waals surface area contributed by atoms with Gasteiger partial charge < -0.3 is 16.0 Å². The molecule has 1 aromatic heterocycles. The quantitative estimate of drug-likeness (QED) is 0.110. The van der Waals surface area contributed by atoms with E-state index in [0.717, 1.165) is 45.3 Å². The number of piperazine rings is 1. The van der Waals surface area contributed by atoms with E-state index >= 15 is 4.39 Å². The zero-order valence-electron chi connectivity index (χ0n) is 24.6. The van der Waals surface area contributed by atoms with Gasteiger partial charge in [0, 0.05) is 65.0 Å². The van der Waals surface area contributed by atoms with Crippen LogP contribution in [0.5, 0.6) is 0 Å². The smallest absolute Gasteiger partial charge is 0.190 e. The number of nitrogens with zero attached hydrogens (tertiary/aromatic N) is 4. The number of benzene rings is 3. The lowest BCUT2D eigenvalue weighted by Crippen LogP contribution is -2.51. The Kier molecular flexibility index (Phi) is 7.10. The summed E-state index contributed by atoms with van der Waals surface area (Å²) in [7, 11) is 0. The molecule has 45 heavy (non-hydrogen) atoms. The molecule has 4 aromatic rings. The molecule has 4 fully saturated rings. The number of thioether (sulfide) groups is 1. The van der Waals surface area contributed by atoms with Crippen LogP contribution in [-0.4, -0.2) is 70.6 Å². The monoisotopic (exact) mass is 648 g/mol. The number of nitrogens with two attached hydrogens (primary N) is 1. The Morgan fingerprint density at radius 1 is 1.13 bits per heavy atom. The second-order valence-corrected chi connectivity index (χ2v) is 14.3. The lowest BCUT2D eigenvalue weighted by molar-refractivity contribution is 0.222. The first-order valence-corrected chi connectivity index (χ1v) is 16.8. The third-order valence-corrected chi connectivity index (χ3v) is 11.5. The number of alkyl halides is 1. The van der Waals surface area contributed by atoms with E-state index in [-0.39, 0.29) is 27.2 Å². The molecule has 4 atom stereocenters. The molecule has 0 radical (unpaired) electrons. The summed E-state index contributed by atoms with van der Waals surface area (Å²) in [6.45, 7) is 2.82. The van der Waals surface area contributed by atoms with Crippen molar-refractivity contribution in [3.8, 4) is 23.5 Å². The summed E-state index contributed by atoms with van der Waals surface area (Å²) in [5.41, 5.74) is 6.87. The molecule has 5 heterocycles. The van der Waals surface area contributed by atoms with Crippen LogP contribution in [0.4, 0.5) is 24.7 Å². The van der Waals surface area contributed by atoms with E-state index in [1.165, 1.54) is 17.8 Å². The zero-order valence-corrected chi connectivity index (χ0v) is 26.1. The predicted molar refractivity (Wildman–Crippen MR) is 176 cm³/mol. The van der Waals surface area contributed by atoms with Crippen molar-refractivity contribution < 1.29 is 13.2 Å². The number of anilines is 2. The van der Waals surface area contributed by atoms with Crippen molar-refractivity contribution in [1.29, 1.82) is 0 Å². The lowest BCUT2D eigenvalue weighted by atomic mass is 9.92. The van der Waals surface area contributed by atoms with Crippen molar-refractivity contribution in [1.82, 2.24) is 20.2 Å². The van der Waals surface area contributed by atoms with Crippen LogP contribution in [0.25, 0.3) is 32.8 Å². The van der Waals surface area contributed by atoms with Crippen LogP contribution < -0.4 is 16.0 Å². The van der Waals surface area contributed by atoms with Gasteiger partial charge in [0.15, 0.2) is 11.0 Å². The van der Waals surface area contributed by atoms with Gasteiger partial charge in [-0.1, -0.05) is 35.3 Å². The minimum absolute atomic E-state index is 0.0112. The number of nitrogens with one attached hydrogen (secondary N) is 1. The normalized spacial score (nSPS) is 26.2. The molecular formula is C34H32ClF3N6S. The highest BCUT2D eigenvalue weighted by molar-refractivity contribution is 7.99. The lowest BCUT2D eigenvalue weighted by Gasteiger charge is -2.34. The van der Waals surface area contributed by atoms with E-state index in [0.29, 0.717) is 69.2 Å². The Hall–Kier alpha value is -3.23. The summed E-state index contributed by atoms with van der Waals surface area (Å²) in [4.78, 5) is 14.3. The molecule has 4 saturated heterocycles. The highest BCUT2D eigenvalue weighted by atomic mass is 35.5. The average Bonchev–Trinajstić information content (AvgIpc) is 3.66. The molecule has 0 amide bonds. The van der Waals surface area contributed by atoms with Gasteiger partial charge in [0.2, 0.25) is 0 Å². The number of halogens is 4. The number of fused-ring (bicyclic) bond motifs is 5. The third-order valence-electron chi connectivity index (χ3n) is 10.1. The van der Waals surface area contributed by atoms with E-state index in [1.807, 2.05) is 0 Å². The summed E-state index contributed by atoms with van der Waals surface area (Å²) < 4.78 is 46.5. The van der Waals surface area contributed by atoms with E-state index in [1.54, 1.807) is 24.3 Å². The van der Waals surface area contributed by atoms with Crippen molar-refractivity contribution in [3.05, 3.63) is 52.6 Å². The van der Waals surface area contributed by atoms with Crippen LogP contribution in [-0.2, 0) is 0 Å². The van der Waals surface area contributed by atoms with Crippen LogP contribution >= 0.6 is 23.4 Å². The number of nitrogen functional groups attached to an aromatic ring is 1. The van der Waals surface area contributed by atoms with Crippen molar-refractivity contribution in [2.24, 2.45) is 0 Å². The Balaban J connectivity index is 1.30. The SMILES string of the molecule is C#Cc1c(F)ccc2cc(N)cc(-c3c(Cl)cc4c(N5CC6CCC(C5)N6)nc(SCC56CCCN5CC(F)C6)nc4c3F)c12. The van der Waals surface area contributed by atoms with E-state index in [2.05, 4.69) is 21.0 Å². The largest absolute Gasteiger partial charge is 0.399 e. The number of hydrogen-bond donors (Lipinski definition) is 2. The van der Waals surface area contributed by atoms with Crippen LogP contribution in [0.3, 0.4) is 0 Å². The summed E-state index contributed by atoms with van der Waals surface area (Å²) in [5.74, 6) is 2.45. The van der Waals surface area contributed by atoms with Gasteiger partial charge in [-0.05, 0) is 73.9 Å². The van der Waals surface area contributed by atoms with Crippen molar-refractivity contribution in [2.45, 2.75) is 61.1 Å². The van der Waals surface area contributed by atoms with Crippen LogP contribution in [0, 0.1) is 24.0 Å².